The zero-order valence-corrected chi connectivity index (χ0v) is 18.6. The highest BCUT2D eigenvalue weighted by molar-refractivity contribution is 7.89. The van der Waals surface area contributed by atoms with Crippen molar-refractivity contribution in [1.29, 1.82) is 0 Å². The van der Waals surface area contributed by atoms with E-state index in [-0.39, 0.29) is 10.8 Å². The van der Waals surface area contributed by atoms with Crippen LogP contribution in [0.15, 0.2) is 56.6 Å². The molecule has 0 aliphatic rings. The van der Waals surface area contributed by atoms with Gasteiger partial charge in [-0.1, -0.05) is 19.9 Å². The number of anilines is 1. The third-order valence-electron chi connectivity index (χ3n) is 4.82. The van der Waals surface area contributed by atoms with Gasteiger partial charge < -0.3 is 9.73 Å². The van der Waals surface area contributed by atoms with Crippen molar-refractivity contribution in [3.8, 4) is 11.5 Å². The Morgan fingerprint density at radius 2 is 1.81 bits per heavy atom. The number of halogens is 1. The predicted octanol–water partition coefficient (Wildman–Crippen LogP) is 2.62. The van der Waals surface area contributed by atoms with Gasteiger partial charge in [0.05, 0.1) is 4.90 Å². The van der Waals surface area contributed by atoms with E-state index in [4.69, 9.17) is 4.42 Å². The number of aryl methyl sites for hydroxylation is 1. The fourth-order valence-electron chi connectivity index (χ4n) is 3.05. The Balaban J connectivity index is 1.80. The van der Waals surface area contributed by atoms with E-state index in [0.717, 1.165) is 4.68 Å². The summed E-state index contributed by atoms with van der Waals surface area (Å²) in [5, 5.41) is 6.58. The Bertz CT molecular complexity index is 1280. The third kappa shape index (κ3) is 4.94. The lowest BCUT2D eigenvalue weighted by Crippen LogP contribution is -2.30. The Kier molecular flexibility index (Phi) is 6.90. The van der Waals surface area contributed by atoms with E-state index in [0.29, 0.717) is 29.9 Å². The number of aromatic nitrogens is 2. The van der Waals surface area contributed by atoms with Gasteiger partial charge in [-0.25, -0.2) is 17.6 Å². The molecule has 32 heavy (non-hydrogen) atoms. The van der Waals surface area contributed by atoms with Gasteiger partial charge in [0.2, 0.25) is 21.8 Å². The lowest BCUT2D eigenvalue weighted by molar-refractivity contribution is -0.117. The molecule has 0 atom stereocenters. The van der Waals surface area contributed by atoms with Crippen molar-refractivity contribution in [2.24, 2.45) is 0 Å². The summed E-state index contributed by atoms with van der Waals surface area (Å²) < 4.78 is 45.8. The van der Waals surface area contributed by atoms with Crippen LogP contribution < -0.4 is 11.1 Å². The van der Waals surface area contributed by atoms with E-state index >= 15 is 0 Å². The highest BCUT2D eigenvalue weighted by Crippen LogP contribution is 2.23. The fourth-order valence-corrected chi connectivity index (χ4v) is 4.53. The molecule has 0 spiro atoms. The first-order valence-corrected chi connectivity index (χ1v) is 11.3. The molecule has 0 bridgehead atoms. The van der Waals surface area contributed by atoms with Gasteiger partial charge in [-0.2, -0.15) is 8.99 Å². The van der Waals surface area contributed by atoms with E-state index in [1.807, 2.05) is 0 Å². The molecular formula is C21H23FN4O5S. The molecule has 2 aromatic carbocycles. The molecule has 1 N–H and O–H groups in total. The lowest BCUT2D eigenvalue weighted by Gasteiger charge is -2.19. The Morgan fingerprint density at radius 3 is 2.44 bits per heavy atom. The molecule has 3 aromatic rings. The van der Waals surface area contributed by atoms with Crippen LogP contribution in [-0.4, -0.2) is 41.5 Å². The smallest absolute Gasteiger partial charge is 0.388 e. The van der Waals surface area contributed by atoms with Crippen LogP contribution >= 0.6 is 0 Å². The molecule has 0 aliphatic carbocycles. The van der Waals surface area contributed by atoms with Crippen molar-refractivity contribution in [1.82, 2.24) is 14.1 Å². The first-order valence-electron chi connectivity index (χ1n) is 9.90. The number of hydrogen-bond donors (Lipinski definition) is 1. The monoisotopic (exact) mass is 462 g/mol. The van der Waals surface area contributed by atoms with Crippen molar-refractivity contribution in [3.63, 3.8) is 0 Å². The zero-order valence-electron chi connectivity index (χ0n) is 17.8. The van der Waals surface area contributed by atoms with E-state index < -0.39 is 34.0 Å². The number of nitrogens with one attached hydrogen (secondary N) is 1. The molecule has 0 fully saturated rings. The molecule has 3 rings (SSSR count). The number of carbonyl (C=O) groups is 1. The molecule has 0 unspecified atom stereocenters. The maximum Gasteiger partial charge on any atom is 0.437 e. The second-order valence-electron chi connectivity index (χ2n) is 6.95. The van der Waals surface area contributed by atoms with Crippen molar-refractivity contribution < 1.29 is 22.0 Å². The first-order chi connectivity index (χ1) is 15.1. The van der Waals surface area contributed by atoms with E-state index in [1.54, 1.807) is 26.8 Å². The average molecular weight is 463 g/mol. The van der Waals surface area contributed by atoms with Gasteiger partial charge in [-0.05, 0) is 48.9 Å². The normalized spacial score (nSPS) is 11.7. The van der Waals surface area contributed by atoms with Crippen LogP contribution in [0.1, 0.15) is 19.4 Å². The van der Waals surface area contributed by atoms with Crippen LogP contribution in [0, 0.1) is 12.7 Å². The zero-order chi connectivity index (χ0) is 23.5. The summed E-state index contributed by atoms with van der Waals surface area (Å²) >= 11 is 0. The van der Waals surface area contributed by atoms with Crippen LogP contribution in [0.5, 0.6) is 0 Å². The first kappa shape index (κ1) is 23.4. The van der Waals surface area contributed by atoms with E-state index in [2.05, 4.69) is 10.4 Å². The van der Waals surface area contributed by atoms with Gasteiger partial charge in [0.25, 0.3) is 0 Å². The van der Waals surface area contributed by atoms with Crippen LogP contribution in [0.4, 0.5) is 10.1 Å². The quantitative estimate of drug-likeness (QED) is 0.550. The van der Waals surface area contributed by atoms with Crippen molar-refractivity contribution >= 4 is 21.6 Å². The summed E-state index contributed by atoms with van der Waals surface area (Å²) in [5.41, 5.74) is 1.34. The van der Waals surface area contributed by atoms with Gasteiger partial charge in [0, 0.05) is 24.3 Å². The molecule has 1 aromatic heterocycles. The fraction of sp³-hybridized carbons (Fsp3) is 0.286. The largest absolute Gasteiger partial charge is 0.437 e. The number of amides is 1. The minimum absolute atomic E-state index is 0.0497. The number of carbonyl (C=O) groups excluding carboxylic acids is 1. The molecule has 0 saturated carbocycles. The van der Waals surface area contributed by atoms with E-state index in [9.17, 15) is 22.4 Å². The van der Waals surface area contributed by atoms with Gasteiger partial charge in [-0.15, -0.1) is 5.10 Å². The summed E-state index contributed by atoms with van der Waals surface area (Å²) in [6, 6.07) is 9.66. The maximum absolute atomic E-state index is 13.1. The molecule has 9 nitrogen and oxygen atoms in total. The Hall–Kier alpha value is -3.31. The highest BCUT2D eigenvalue weighted by atomic mass is 32.2. The molecule has 0 radical (unpaired) electrons. The Labute approximate surface area is 184 Å². The minimum atomic E-state index is -3.70. The number of sulfonamides is 1. The number of hydrogen-bond acceptors (Lipinski definition) is 6. The minimum Gasteiger partial charge on any atom is -0.388 e. The summed E-state index contributed by atoms with van der Waals surface area (Å²) in [5.74, 6) is -1.94. The second-order valence-corrected chi connectivity index (χ2v) is 8.89. The standard InChI is InChI=1S/C21H23FN4O5S/c1-4-25(5-2)32(29,30)17-11-6-14(3)18(12-17)23-19(27)13-26-21(28)31-20(24-26)15-7-9-16(22)10-8-15/h6-12H,4-5,13H2,1-3H3,(H,23,27). The summed E-state index contributed by atoms with van der Waals surface area (Å²) in [7, 11) is -3.70. The molecule has 0 saturated heterocycles. The number of rotatable bonds is 8. The third-order valence-corrected chi connectivity index (χ3v) is 6.86. The van der Waals surface area contributed by atoms with Gasteiger partial charge in [0.15, 0.2) is 0 Å². The summed E-state index contributed by atoms with van der Waals surface area (Å²) in [6.07, 6.45) is 0. The lowest BCUT2D eigenvalue weighted by atomic mass is 10.2. The summed E-state index contributed by atoms with van der Waals surface area (Å²) in [6.45, 7) is 5.40. The molecular weight excluding hydrogens is 439 g/mol. The van der Waals surface area contributed by atoms with E-state index in [1.165, 1.54) is 40.7 Å². The highest BCUT2D eigenvalue weighted by Gasteiger charge is 2.23. The van der Waals surface area contributed by atoms with Gasteiger partial charge in [0.1, 0.15) is 12.4 Å². The summed E-state index contributed by atoms with van der Waals surface area (Å²) in [4.78, 5) is 24.6. The molecule has 1 heterocycles. The number of nitrogens with zero attached hydrogens (tertiary/aromatic N) is 3. The van der Waals surface area contributed by atoms with Crippen LogP contribution in [0.3, 0.4) is 0 Å². The van der Waals surface area contributed by atoms with Gasteiger partial charge in [-0.3, -0.25) is 4.79 Å². The predicted molar refractivity (Wildman–Crippen MR) is 116 cm³/mol. The Morgan fingerprint density at radius 1 is 1.16 bits per heavy atom. The maximum atomic E-state index is 13.1. The SMILES string of the molecule is CCN(CC)S(=O)(=O)c1ccc(C)c(NC(=O)Cn2nc(-c3ccc(F)cc3)oc2=O)c1. The molecule has 170 valence electrons. The molecule has 0 aliphatic heterocycles. The van der Waals surface area contributed by atoms with Crippen molar-refractivity contribution in [2.45, 2.75) is 32.2 Å². The number of benzene rings is 2. The second kappa shape index (κ2) is 9.45. The average Bonchev–Trinajstić information content (AvgIpc) is 3.10. The van der Waals surface area contributed by atoms with Crippen LogP contribution in [0.2, 0.25) is 0 Å². The van der Waals surface area contributed by atoms with Crippen LogP contribution in [0.25, 0.3) is 11.5 Å². The molecule has 11 heteroatoms. The van der Waals surface area contributed by atoms with Crippen LogP contribution in [-0.2, 0) is 21.4 Å². The van der Waals surface area contributed by atoms with Crippen molar-refractivity contribution in [3.05, 3.63) is 64.4 Å². The molecule has 1 amide bonds. The topological polar surface area (TPSA) is 115 Å². The van der Waals surface area contributed by atoms with Crippen molar-refractivity contribution in [2.75, 3.05) is 18.4 Å². The van der Waals surface area contributed by atoms with Gasteiger partial charge >= 0.3 is 5.76 Å².